The maximum absolute atomic E-state index is 12.2. The van der Waals surface area contributed by atoms with Crippen LogP contribution in [0.1, 0.15) is 57.8 Å². The molecule has 5 heteroatoms. The smallest absolute Gasteiger partial charge is 0.377 e. The largest absolute Gasteiger partial charge is 0.389 e. The molecule has 0 amide bonds. The Labute approximate surface area is 114 Å². The topological polar surface area (TPSA) is 21.3 Å². The number of alkyl halides is 3. The van der Waals surface area contributed by atoms with Gasteiger partial charge in [-0.3, -0.25) is 0 Å². The number of hydrogen-bond acceptors (Lipinski definition) is 2. The van der Waals surface area contributed by atoms with Gasteiger partial charge in [0.05, 0.1) is 5.60 Å². The highest BCUT2D eigenvalue weighted by molar-refractivity contribution is 4.93. The number of rotatable bonds is 6. The van der Waals surface area contributed by atoms with E-state index in [-0.39, 0.29) is 18.1 Å². The van der Waals surface area contributed by atoms with Crippen LogP contribution in [0.15, 0.2) is 0 Å². The van der Waals surface area contributed by atoms with Crippen LogP contribution in [0.5, 0.6) is 0 Å². The molecule has 1 unspecified atom stereocenters. The van der Waals surface area contributed by atoms with Crippen molar-refractivity contribution in [2.24, 2.45) is 0 Å². The van der Waals surface area contributed by atoms with E-state index in [0.717, 1.165) is 25.7 Å². The second kappa shape index (κ2) is 7.48. The lowest BCUT2D eigenvalue weighted by Crippen LogP contribution is -2.50. The minimum atomic E-state index is -4.05. The molecule has 1 aliphatic rings. The molecule has 0 heterocycles. The van der Waals surface area contributed by atoms with Crippen molar-refractivity contribution in [3.8, 4) is 0 Å². The van der Waals surface area contributed by atoms with Crippen molar-refractivity contribution in [1.82, 2.24) is 5.32 Å². The Morgan fingerprint density at radius 3 is 2.16 bits per heavy atom. The minimum absolute atomic E-state index is 0.0120. The van der Waals surface area contributed by atoms with Crippen LogP contribution in [0.3, 0.4) is 0 Å². The van der Waals surface area contributed by atoms with E-state index in [2.05, 4.69) is 5.32 Å². The molecular formula is C14H26F3NO. The maximum Gasteiger partial charge on any atom is 0.389 e. The average molecular weight is 281 g/mol. The number of likely N-dealkylation sites (N-methyl/N-ethyl adjacent to an activating group) is 1. The van der Waals surface area contributed by atoms with Crippen LogP contribution in [0, 0.1) is 0 Å². The second-order valence-corrected chi connectivity index (χ2v) is 5.53. The number of ether oxygens (including phenoxy) is 1. The fraction of sp³-hybridized carbons (Fsp3) is 1.00. The number of methoxy groups -OCH3 is 1. The molecule has 1 saturated carbocycles. The molecule has 0 saturated heterocycles. The first-order chi connectivity index (χ1) is 8.93. The van der Waals surface area contributed by atoms with Crippen molar-refractivity contribution in [3.05, 3.63) is 0 Å². The fourth-order valence-electron chi connectivity index (χ4n) is 3.20. The Kier molecular flexibility index (Phi) is 6.60. The molecule has 0 aromatic rings. The number of halogens is 3. The fourth-order valence-corrected chi connectivity index (χ4v) is 3.20. The third-order valence-electron chi connectivity index (χ3n) is 4.29. The van der Waals surface area contributed by atoms with Gasteiger partial charge >= 0.3 is 6.18 Å². The van der Waals surface area contributed by atoms with E-state index < -0.39 is 12.6 Å². The lowest BCUT2D eigenvalue weighted by Gasteiger charge is -2.39. The molecule has 0 aromatic carbocycles. The van der Waals surface area contributed by atoms with Gasteiger partial charge in [0.25, 0.3) is 0 Å². The van der Waals surface area contributed by atoms with Crippen molar-refractivity contribution in [2.75, 3.05) is 14.2 Å². The van der Waals surface area contributed by atoms with Gasteiger partial charge in [-0.1, -0.05) is 25.7 Å². The normalized spacial score (nSPS) is 21.9. The lowest BCUT2D eigenvalue weighted by atomic mass is 9.83. The molecule has 1 rings (SSSR count). The maximum atomic E-state index is 12.2. The summed E-state index contributed by atoms with van der Waals surface area (Å²) in [5, 5.41) is 3.19. The molecule has 1 N–H and O–H groups in total. The average Bonchev–Trinajstić information content (AvgIpc) is 2.59. The number of hydrogen-bond donors (Lipinski definition) is 1. The zero-order valence-corrected chi connectivity index (χ0v) is 12.0. The zero-order valence-electron chi connectivity index (χ0n) is 12.0. The SMILES string of the molecule is CNC(CCCC(F)(F)F)C1(OC)CCCCCC1. The van der Waals surface area contributed by atoms with E-state index >= 15 is 0 Å². The standard InChI is InChI=1S/C14H26F3NO/c1-18-12(8-7-11-14(15,16)17)13(19-2)9-5-3-4-6-10-13/h12,18H,3-11H2,1-2H3. The van der Waals surface area contributed by atoms with E-state index in [1.54, 1.807) is 7.11 Å². The third-order valence-corrected chi connectivity index (χ3v) is 4.29. The van der Waals surface area contributed by atoms with Gasteiger partial charge in [0.15, 0.2) is 0 Å². The summed E-state index contributed by atoms with van der Waals surface area (Å²) in [4.78, 5) is 0. The first-order valence-corrected chi connectivity index (χ1v) is 7.23. The minimum Gasteiger partial charge on any atom is -0.377 e. The molecule has 2 nitrogen and oxygen atoms in total. The van der Waals surface area contributed by atoms with Gasteiger partial charge in [-0.05, 0) is 32.7 Å². The Balaban J connectivity index is 2.58. The first-order valence-electron chi connectivity index (χ1n) is 7.23. The summed E-state index contributed by atoms with van der Waals surface area (Å²) in [5.41, 5.74) is -0.281. The summed E-state index contributed by atoms with van der Waals surface area (Å²) in [6, 6.07) is 0.0120. The Morgan fingerprint density at radius 1 is 1.16 bits per heavy atom. The molecule has 0 radical (unpaired) electrons. The van der Waals surface area contributed by atoms with Crippen molar-refractivity contribution in [3.63, 3.8) is 0 Å². The van der Waals surface area contributed by atoms with Crippen LogP contribution in [0.4, 0.5) is 13.2 Å². The molecule has 19 heavy (non-hydrogen) atoms. The molecular weight excluding hydrogens is 255 g/mol. The summed E-state index contributed by atoms with van der Waals surface area (Å²) in [7, 11) is 3.52. The van der Waals surface area contributed by atoms with Gasteiger partial charge in [-0.2, -0.15) is 13.2 Å². The summed E-state index contributed by atoms with van der Waals surface area (Å²) in [6.45, 7) is 0. The monoisotopic (exact) mass is 281 g/mol. The van der Waals surface area contributed by atoms with E-state index in [4.69, 9.17) is 4.74 Å². The highest BCUT2D eigenvalue weighted by atomic mass is 19.4. The molecule has 114 valence electrons. The Bertz CT molecular complexity index is 248. The molecule has 0 aliphatic heterocycles. The third kappa shape index (κ3) is 5.30. The first kappa shape index (κ1) is 16.8. The van der Waals surface area contributed by atoms with Crippen molar-refractivity contribution in [2.45, 2.75) is 75.6 Å². The quantitative estimate of drug-likeness (QED) is 0.742. The van der Waals surface area contributed by atoms with Gasteiger partial charge in [0.1, 0.15) is 0 Å². The predicted octanol–water partition coefficient (Wildman–Crippen LogP) is 4.05. The van der Waals surface area contributed by atoms with Crippen LogP contribution in [-0.2, 0) is 4.74 Å². The van der Waals surface area contributed by atoms with Crippen LogP contribution in [0.25, 0.3) is 0 Å². The summed E-state index contributed by atoms with van der Waals surface area (Å²) in [6.07, 6.45) is 2.42. The molecule has 1 atom stereocenters. The van der Waals surface area contributed by atoms with Crippen molar-refractivity contribution in [1.29, 1.82) is 0 Å². The zero-order chi connectivity index (χ0) is 14.4. The van der Waals surface area contributed by atoms with E-state index in [0.29, 0.717) is 6.42 Å². The van der Waals surface area contributed by atoms with Gasteiger partial charge in [-0.25, -0.2) is 0 Å². The Morgan fingerprint density at radius 2 is 1.74 bits per heavy atom. The number of nitrogens with one attached hydrogen (secondary N) is 1. The Hall–Kier alpha value is -0.290. The van der Waals surface area contributed by atoms with Crippen molar-refractivity contribution >= 4 is 0 Å². The highest BCUT2D eigenvalue weighted by Crippen LogP contribution is 2.35. The highest BCUT2D eigenvalue weighted by Gasteiger charge is 2.38. The molecule has 1 fully saturated rings. The van der Waals surface area contributed by atoms with Gasteiger partial charge < -0.3 is 10.1 Å². The lowest BCUT2D eigenvalue weighted by molar-refractivity contribution is -0.137. The summed E-state index contributed by atoms with van der Waals surface area (Å²) < 4.78 is 42.5. The van der Waals surface area contributed by atoms with E-state index in [9.17, 15) is 13.2 Å². The van der Waals surface area contributed by atoms with Gasteiger partial charge in [0, 0.05) is 19.6 Å². The molecule has 0 aromatic heterocycles. The predicted molar refractivity (Wildman–Crippen MR) is 70.2 cm³/mol. The molecule has 0 spiro atoms. The second-order valence-electron chi connectivity index (χ2n) is 5.53. The summed E-state index contributed by atoms with van der Waals surface area (Å²) in [5.74, 6) is 0. The van der Waals surface area contributed by atoms with E-state index in [1.165, 1.54) is 12.8 Å². The van der Waals surface area contributed by atoms with Crippen LogP contribution in [-0.4, -0.2) is 32.0 Å². The summed E-state index contributed by atoms with van der Waals surface area (Å²) >= 11 is 0. The molecule has 1 aliphatic carbocycles. The van der Waals surface area contributed by atoms with Crippen molar-refractivity contribution < 1.29 is 17.9 Å². The van der Waals surface area contributed by atoms with Crippen LogP contribution >= 0.6 is 0 Å². The van der Waals surface area contributed by atoms with Gasteiger partial charge in [-0.15, -0.1) is 0 Å². The van der Waals surface area contributed by atoms with Crippen LogP contribution in [0.2, 0.25) is 0 Å². The van der Waals surface area contributed by atoms with E-state index in [1.807, 2.05) is 7.05 Å². The van der Waals surface area contributed by atoms with Gasteiger partial charge in [0.2, 0.25) is 0 Å². The van der Waals surface area contributed by atoms with Crippen LogP contribution < -0.4 is 5.32 Å². The molecule has 0 bridgehead atoms.